The highest BCUT2D eigenvalue weighted by molar-refractivity contribution is 6.10. The summed E-state index contributed by atoms with van der Waals surface area (Å²) < 4.78 is 29.3. The van der Waals surface area contributed by atoms with Crippen LogP contribution in [0.3, 0.4) is 0 Å². The molecule has 3 aromatic carbocycles. The van der Waals surface area contributed by atoms with Gasteiger partial charge in [0, 0.05) is 28.6 Å². The molecule has 0 radical (unpaired) electrons. The Balaban J connectivity index is 1.65. The number of phenols is 2. The molecule has 5 aromatic rings. The van der Waals surface area contributed by atoms with Crippen molar-refractivity contribution in [2.75, 3.05) is 13.7 Å². The molecule has 3 heterocycles. The Morgan fingerprint density at radius 2 is 1.52 bits per heavy atom. The van der Waals surface area contributed by atoms with Gasteiger partial charge in [0.1, 0.15) is 47.1 Å². The van der Waals surface area contributed by atoms with Crippen LogP contribution in [-0.4, -0.2) is 75.1 Å². The van der Waals surface area contributed by atoms with E-state index in [1.807, 2.05) is 0 Å². The molecule has 0 saturated carbocycles. The zero-order valence-electron chi connectivity index (χ0n) is 22.0. The molecule has 5 atom stereocenters. The fraction of sp³-hybridized carbons (Fsp3) is 0.233. The summed E-state index contributed by atoms with van der Waals surface area (Å²) in [7, 11) is 1.37. The van der Waals surface area contributed by atoms with Crippen LogP contribution < -0.4 is 14.9 Å². The molecule has 0 bridgehead atoms. The molecule has 0 aliphatic carbocycles. The zero-order chi connectivity index (χ0) is 29.7. The number of phenolic OH excluding ortho intramolecular Hbond substituents is 2. The fourth-order valence-electron chi connectivity index (χ4n) is 4.98. The number of aliphatic hydroxyl groups excluding tert-OH is 4. The summed E-state index contributed by atoms with van der Waals surface area (Å²) in [6.45, 7) is -0.670. The first-order valence-corrected chi connectivity index (χ1v) is 12.9. The van der Waals surface area contributed by atoms with Gasteiger partial charge >= 0.3 is 0 Å². The molecule has 6 rings (SSSR count). The van der Waals surface area contributed by atoms with Crippen molar-refractivity contribution in [3.8, 4) is 45.6 Å². The van der Waals surface area contributed by atoms with Crippen molar-refractivity contribution in [1.29, 1.82) is 0 Å². The summed E-state index contributed by atoms with van der Waals surface area (Å²) in [5.41, 5.74) is 0.768. The van der Waals surface area contributed by atoms with Crippen LogP contribution in [0.15, 0.2) is 74.3 Å². The quantitative estimate of drug-likeness (QED) is 0.173. The molecule has 1 saturated heterocycles. The normalized spacial score (nSPS) is 22.5. The van der Waals surface area contributed by atoms with Crippen molar-refractivity contribution in [3.63, 3.8) is 0 Å². The SMILES string of the molecule is COc1cc(-c2oc3cc(=O)cc4oc(-c5ccc(O)cc5)cc(c2O[C@@H]2O[C@H](CO)[C@@H](O)[C@H](O)[C@H]2O)c43)ccc1O. The van der Waals surface area contributed by atoms with Crippen LogP contribution >= 0.6 is 0 Å². The maximum absolute atomic E-state index is 12.7. The molecular formula is C30H26O12. The lowest BCUT2D eigenvalue weighted by molar-refractivity contribution is -0.277. The predicted octanol–water partition coefficient (Wildman–Crippen LogP) is 2.47. The van der Waals surface area contributed by atoms with Crippen LogP contribution in [0.2, 0.25) is 0 Å². The van der Waals surface area contributed by atoms with Crippen molar-refractivity contribution >= 4 is 21.9 Å². The molecule has 12 nitrogen and oxygen atoms in total. The van der Waals surface area contributed by atoms with E-state index in [2.05, 4.69) is 0 Å². The van der Waals surface area contributed by atoms with Crippen LogP contribution in [0, 0.1) is 0 Å². The molecule has 1 aliphatic heterocycles. The number of methoxy groups -OCH3 is 1. The lowest BCUT2D eigenvalue weighted by atomic mass is 9.99. The average Bonchev–Trinajstić information content (AvgIpc) is 2.98. The average molecular weight is 579 g/mol. The number of hydrogen-bond acceptors (Lipinski definition) is 12. The third-order valence-corrected chi connectivity index (χ3v) is 7.14. The number of benzene rings is 3. The molecule has 42 heavy (non-hydrogen) atoms. The molecule has 0 spiro atoms. The summed E-state index contributed by atoms with van der Waals surface area (Å²) in [5.74, 6) is 0.303. The minimum absolute atomic E-state index is 0.0148. The predicted molar refractivity (Wildman–Crippen MR) is 147 cm³/mol. The fourth-order valence-corrected chi connectivity index (χ4v) is 4.98. The molecular weight excluding hydrogens is 552 g/mol. The molecule has 6 N–H and O–H groups in total. The van der Waals surface area contributed by atoms with E-state index in [4.69, 9.17) is 23.0 Å². The Kier molecular flexibility index (Phi) is 7.01. The number of rotatable bonds is 6. The van der Waals surface area contributed by atoms with Gasteiger partial charge in [0.15, 0.2) is 28.4 Å². The first-order chi connectivity index (χ1) is 20.2. The van der Waals surface area contributed by atoms with Gasteiger partial charge in [-0.2, -0.15) is 0 Å². The monoisotopic (exact) mass is 578 g/mol. The topological polar surface area (TPSA) is 192 Å². The van der Waals surface area contributed by atoms with Crippen LogP contribution in [0.4, 0.5) is 0 Å². The maximum Gasteiger partial charge on any atom is 0.229 e. The molecule has 0 amide bonds. The Morgan fingerprint density at radius 1 is 0.833 bits per heavy atom. The van der Waals surface area contributed by atoms with Gasteiger partial charge in [0.05, 0.1) is 19.1 Å². The third kappa shape index (κ3) is 4.70. The lowest BCUT2D eigenvalue weighted by Crippen LogP contribution is -2.60. The summed E-state index contributed by atoms with van der Waals surface area (Å²) in [5, 5.41) is 61.8. The molecule has 1 fully saturated rings. The highest BCUT2D eigenvalue weighted by atomic mass is 16.7. The first-order valence-electron chi connectivity index (χ1n) is 12.9. The van der Waals surface area contributed by atoms with E-state index in [-0.39, 0.29) is 45.7 Å². The van der Waals surface area contributed by atoms with Crippen molar-refractivity contribution in [1.82, 2.24) is 0 Å². The largest absolute Gasteiger partial charge is 0.508 e. The molecule has 12 heteroatoms. The number of aliphatic hydroxyl groups is 4. The standard InChI is InChI=1S/C30H26O12/c1-38-20-8-14(4-7-18(20)34)28-29(42-30-27(37)26(36)25(35)23(12-31)41-30)17-11-19(13-2-5-15(32)6-3-13)39-21-9-16(33)10-22(40-28)24(17)21/h2-11,23,25-27,30-32,34-37H,12H2,1H3/t23-,25-,26+,27-,30+/m1/s1. The van der Waals surface area contributed by atoms with Crippen molar-refractivity contribution in [2.45, 2.75) is 30.7 Å². The second kappa shape index (κ2) is 10.7. The van der Waals surface area contributed by atoms with Gasteiger partial charge in [-0.15, -0.1) is 0 Å². The minimum Gasteiger partial charge on any atom is -0.508 e. The van der Waals surface area contributed by atoms with Gasteiger partial charge in [0.25, 0.3) is 0 Å². The van der Waals surface area contributed by atoms with E-state index in [0.717, 1.165) is 0 Å². The van der Waals surface area contributed by atoms with Crippen molar-refractivity contribution in [3.05, 3.63) is 70.9 Å². The van der Waals surface area contributed by atoms with E-state index in [9.17, 15) is 35.4 Å². The highest BCUT2D eigenvalue weighted by Gasteiger charge is 2.45. The second-order valence-electron chi connectivity index (χ2n) is 9.83. The van der Waals surface area contributed by atoms with E-state index < -0.39 is 42.7 Å². The summed E-state index contributed by atoms with van der Waals surface area (Å²) >= 11 is 0. The summed E-state index contributed by atoms with van der Waals surface area (Å²) in [4.78, 5) is 12.7. The highest BCUT2D eigenvalue weighted by Crippen LogP contribution is 2.45. The van der Waals surface area contributed by atoms with Gasteiger partial charge < -0.3 is 53.7 Å². The maximum atomic E-state index is 12.7. The summed E-state index contributed by atoms with van der Waals surface area (Å²) in [6.07, 6.45) is -7.89. The van der Waals surface area contributed by atoms with Gasteiger partial charge in [-0.1, -0.05) is 0 Å². The van der Waals surface area contributed by atoms with Gasteiger partial charge in [0.2, 0.25) is 6.29 Å². The Bertz CT molecular complexity index is 1820. The van der Waals surface area contributed by atoms with Crippen LogP contribution in [-0.2, 0) is 4.74 Å². The van der Waals surface area contributed by atoms with Crippen LogP contribution in [0.1, 0.15) is 0 Å². The van der Waals surface area contributed by atoms with E-state index in [0.29, 0.717) is 21.9 Å². The third-order valence-electron chi connectivity index (χ3n) is 7.14. The summed E-state index contributed by atoms with van der Waals surface area (Å²) in [6, 6.07) is 14.7. The van der Waals surface area contributed by atoms with E-state index in [1.165, 1.54) is 49.6 Å². The first kappa shape index (κ1) is 27.6. The van der Waals surface area contributed by atoms with E-state index >= 15 is 0 Å². The second-order valence-corrected chi connectivity index (χ2v) is 9.83. The smallest absolute Gasteiger partial charge is 0.229 e. The molecule has 2 aromatic heterocycles. The lowest BCUT2D eigenvalue weighted by Gasteiger charge is -2.39. The Morgan fingerprint density at radius 3 is 2.21 bits per heavy atom. The van der Waals surface area contributed by atoms with Gasteiger partial charge in [-0.05, 0) is 48.5 Å². The van der Waals surface area contributed by atoms with Crippen LogP contribution in [0.25, 0.3) is 44.6 Å². The number of hydrogen-bond donors (Lipinski definition) is 6. The van der Waals surface area contributed by atoms with E-state index in [1.54, 1.807) is 18.2 Å². The van der Waals surface area contributed by atoms with Crippen LogP contribution in [0.5, 0.6) is 23.0 Å². The Hall–Kier alpha value is -4.59. The van der Waals surface area contributed by atoms with Gasteiger partial charge in [-0.25, -0.2) is 0 Å². The Labute approximate surface area is 236 Å². The van der Waals surface area contributed by atoms with Gasteiger partial charge in [-0.3, -0.25) is 4.79 Å². The number of ether oxygens (including phenoxy) is 3. The molecule has 0 unspecified atom stereocenters. The minimum atomic E-state index is -1.74. The molecule has 1 aliphatic rings. The zero-order valence-corrected chi connectivity index (χ0v) is 22.0. The van der Waals surface area contributed by atoms with Crippen molar-refractivity contribution in [2.24, 2.45) is 0 Å². The van der Waals surface area contributed by atoms with Crippen molar-refractivity contribution < 1.29 is 53.7 Å². The number of aromatic hydroxyl groups is 2. The molecule has 218 valence electrons.